The number of fused-ring (bicyclic) bond motifs is 1. The number of benzene rings is 1. The third kappa shape index (κ3) is 2.09. The number of hydrogen-bond acceptors (Lipinski definition) is 2. The second-order valence-corrected chi connectivity index (χ2v) is 4.34. The lowest BCUT2D eigenvalue weighted by Gasteiger charge is -2.24. The molecular weight excluding hydrogens is 237 g/mol. The minimum absolute atomic E-state index is 0.422. The molecule has 1 atom stereocenters. The maximum atomic E-state index is 10.8. The van der Waals surface area contributed by atoms with E-state index in [0.29, 0.717) is 23.0 Å². The summed E-state index contributed by atoms with van der Waals surface area (Å²) in [6.45, 7) is 0.475. The van der Waals surface area contributed by atoms with Crippen LogP contribution in [0.4, 0.5) is 0 Å². The van der Waals surface area contributed by atoms with Crippen LogP contribution in [-0.4, -0.2) is 17.1 Å². The smallest absolute Gasteiger partial charge is 0.321 e. The van der Waals surface area contributed by atoms with Crippen molar-refractivity contribution in [1.82, 2.24) is 5.32 Å². The Balaban J connectivity index is 2.37. The molecule has 3 nitrogen and oxygen atoms in total. The van der Waals surface area contributed by atoms with Gasteiger partial charge in [-0.1, -0.05) is 23.2 Å². The fourth-order valence-corrected chi connectivity index (χ4v) is 2.33. The Morgan fingerprint density at radius 3 is 2.87 bits per heavy atom. The minimum atomic E-state index is -0.850. The van der Waals surface area contributed by atoms with Crippen LogP contribution in [0, 0.1) is 0 Å². The van der Waals surface area contributed by atoms with Crippen molar-refractivity contribution in [1.29, 1.82) is 0 Å². The Morgan fingerprint density at radius 1 is 1.47 bits per heavy atom. The van der Waals surface area contributed by atoms with Crippen LogP contribution in [0.5, 0.6) is 0 Å². The highest BCUT2D eigenvalue weighted by atomic mass is 35.5. The van der Waals surface area contributed by atoms with Gasteiger partial charge in [0.15, 0.2) is 0 Å². The molecular formula is C10H9Cl2NO2. The fraction of sp³-hybridized carbons (Fsp3) is 0.300. The molecule has 1 unspecified atom stereocenters. The average Bonchev–Trinajstić information content (AvgIpc) is 2.16. The van der Waals surface area contributed by atoms with Crippen LogP contribution in [0.2, 0.25) is 10.0 Å². The SMILES string of the molecule is O=C(O)C1Cc2cc(Cl)cc(Cl)c2CN1. The molecule has 0 aromatic heterocycles. The van der Waals surface area contributed by atoms with E-state index in [4.69, 9.17) is 28.3 Å². The molecule has 0 spiro atoms. The molecule has 1 aliphatic heterocycles. The van der Waals surface area contributed by atoms with Crippen molar-refractivity contribution in [2.45, 2.75) is 19.0 Å². The van der Waals surface area contributed by atoms with Gasteiger partial charge >= 0.3 is 5.97 Å². The zero-order chi connectivity index (χ0) is 11.0. The topological polar surface area (TPSA) is 49.3 Å². The summed E-state index contributed by atoms with van der Waals surface area (Å²) in [6, 6.07) is 2.90. The van der Waals surface area contributed by atoms with Gasteiger partial charge in [-0.2, -0.15) is 0 Å². The lowest BCUT2D eigenvalue weighted by molar-refractivity contribution is -0.139. The largest absolute Gasteiger partial charge is 0.480 e. The van der Waals surface area contributed by atoms with Gasteiger partial charge in [-0.3, -0.25) is 10.1 Å². The average molecular weight is 246 g/mol. The van der Waals surface area contributed by atoms with Crippen molar-refractivity contribution in [2.75, 3.05) is 0 Å². The summed E-state index contributed by atoms with van der Waals surface area (Å²) in [6.07, 6.45) is 0.422. The van der Waals surface area contributed by atoms with Gasteiger partial charge in [0.05, 0.1) is 0 Å². The van der Waals surface area contributed by atoms with Crippen LogP contribution in [0.15, 0.2) is 12.1 Å². The van der Waals surface area contributed by atoms with Crippen LogP contribution in [0.3, 0.4) is 0 Å². The molecule has 1 aromatic rings. The third-order valence-corrected chi connectivity index (χ3v) is 3.06. The van der Waals surface area contributed by atoms with Crippen molar-refractivity contribution in [3.05, 3.63) is 33.3 Å². The van der Waals surface area contributed by atoms with Gasteiger partial charge < -0.3 is 5.11 Å². The zero-order valence-corrected chi connectivity index (χ0v) is 9.27. The monoisotopic (exact) mass is 245 g/mol. The highest BCUT2D eigenvalue weighted by Gasteiger charge is 2.25. The van der Waals surface area contributed by atoms with Gasteiger partial charge in [-0.05, 0) is 29.7 Å². The number of rotatable bonds is 1. The van der Waals surface area contributed by atoms with Crippen LogP contribution in [0.1, 0.15) is 11.1 Å². The molecule has 2 N–H and O–H groups in total. The summed E-state index contributed by atoms with van der Waals surface area (Å²) < 4.78 is 0. The first-order valence-corrected chi connectivity index (χ1v) is 5.26. The van der Waals surface area contributed by atoms with Gasteiger partial charge in [0.25, 0.3) is 0 Å². The van der Waals surface area contributed by atoms with E-state index in [9.17, 15) is 4.79 Å². The first-order valence-electron chi connectivity index (χ1n) is 4.51. The second-order valence-electron chi connectivity index (χ2n) is 3.50. The Bertz CT molecular complexity index is 420. The van der Waals surface area contributed by atoms with Gasteiger partial charge in [0.1, 0.15) is 6.04 Å². The molecule has 1 heterocycles. The number of nitrogens with one attached hydrogen (secondary N) is 1. The molecule has 0 saturated carbocycles. The molecule has 0 bridgehead atoms. The fourth-order valence-electron chi connectivity index (χ4n) is 1.73. The summed E-state index contributed by atoms with van der Waals surface area (Å²) in [5, 5.41) is 12.9. The van der Waals surface area contributed by atoms with E-state index in [0.717, 1.165) is 11.1 Å². The molecule has 2 rings (SSSR count). The molecule has 1 aromatic carbocycles. The van der Waals surface area contributed by atoms with Gasteiger partial charge in [0.2, 0.25) is 0 Å². The number of halogens is 2. The summed E-state index contributed by atoms with van der Waals surface area (Å²) in [5.41, 5.74) is 1.86. The van der Waals surface area contributed by atoms with E-state index >= 15 is 0 Å². The molecule has 15 heavy (non-hydrogen) atoms. The van der Waals surface area contributed by atoms with E-state index in [1.54, 1.807) is 12.1 Å². The van der Waals surface area contributed by atoms with Crippen molar-refractivity contribution in [2.24, 2.45) is 0 Å². The minimum Gasteiger partial charge on any atom is -0.480 e. The Hall–Kier alpha value is -0.770. The highest BCUT2D eigenvalue weighted by Crippen LogP contribution is 2.28. The zero-order valence-electron chi connectivity index (χ0n) is 7.76. The quantitative estimate of drug-likeness (QED) is 0.797. The summed E-state index contributed by atoms with van der Waals surface area (Å²) in [5.74, 6) is -0.850. The van der Waals surface area contributed by atoms with Gasteiger partial charge in [-0.15, -0.1) is 0 Å². The van der Waals surface area contributed by atoms with Crippen LogP contribution in [0.25, 0.3) is 0 Å². The van der Waals surface area contributed by atoms with Gasteiger partial charge in [0, 0.05) is 16.6 Å². The molecule has 0 amide bonds. The number of carbonyl (C=O) groups is 1. The Labute approximate surface area is 97.0 Å². The van der Waals surface area contributed by atoms with E-state index in [1.165, 1.54) is 0 Å². The van der Waals surface area contributed by atoms with Crippen LogP contribution in [-0.2, 0) is 17.8 Å². The predicted molar refractivity (Wildman–Crippen MR) is 58.4 cm³/mol. The summed E-state index contributed by atoms with van der Waals surface area (Å²) >= 11 is 11.9. The van der Waals surface area contributed by atoms with E-state index < -0.39 is 12.0 Å². The Kier molecular flexibility index (Phi) is 2.87. The maximum Gasteiger partial charge on any atom is 0.321 e. The van der Waals surface area contributed by atoms with Gasteiger partial charge in [-0.25, -0.2) is 0 Å². The maximum absolute atomic E-state index is 10.8. The van der Waals surface area contributed by atoms with E-state index in [1.807, 2.05) is 0 Å². The van der Waals surface area contributed by atoms with Crippen LogP contribution < -0.4 is 5.32 Å². The van der Waals surface area contributed by atoms with E-state index in [2.05, 4.69) is 5.32 Å². The predicted octanol–water partition coefficient (Wildman–Crippen LogP) is 2.09. The molecule has 0 saturated heterocycles. The molecule has 1 aliphatic rings. The first-order chi connectivity index (χ1) is 7.08. The first kappa shape index (κ1) is 10.7. The number of aliphatic carboxylic acids is 1. The number of carboxylic acid groups (broad SMARTS) is 1. The lowest BCUT2D eigenvalue weighted by atomic mass is 9.96. The standard InChI is InChI=1S/C10H9Cl2NO2/c11-6-1-5-2-9(10(14)15)13-4-7(5)8(12)3-6/h1,3,9,13H,2,4H2,(H,14,15). The van der Waals surface area contributed by atoms with E-state index in [-0.39, 0.29) is 0 Å². The normalized spacial score (nSPS) is 19.7. The Morgan fingerprint density at radius 2 is 2.20 bits per heavy atom. The van der Waals surface area contributed by atoms with Crippen molar-refractivity contribution in [3.63, 3.8) is 0 Å². The summed E-state index contributed by atoms with van der Waals surface area (Å²) in [7, 11) is 0. The van der Waals surface area contributed by atoms with Crippen molar-refractivity contribution < 1.29 is 9.90 Å². The molecule has 0 radical (unpaired) electrons. The molecule has 0 aliphatic carbocycles. The number of hydrogen-bond donors (Lipinski definition) is 2. The van der Waals surface area contributed by atoms with Crippen molar-refractivity contribution in [3.8, 4) is 0 Å². The third-order valence-electron chi connectivity index (χ3n) is 2.50. The summed E-state index contributed by atoms with van der Waals surface area (Å²) in [4.78, 5) is 10.8. The molecule has 80 valence electrons. The molecule has 5 heteroatoms. The van der Waals surface area contributed by atoms with Crippen molar-refractivity contribution >= 4 is 29.2 Å². The number of carboxylic acids is 1. The lowest BCUT2D eigenvalue weighted by Crippen LogP contribution is -2.41. The highest BCUT2D eigenvalue weighted by molar-refractivity contribution is 6.35. The molecule has 0 fully saturated rings. The van der Waals surface area contributed by atoms with Crippen LogP contribution >= 0.6 is 23.2 Å². The second kappa shape index (κ2) is 4.00.